The summed E-state index contributed by atoms with van der Waals surface area (Å²) in [6.45, 7) is 0.617. The second kappa shape index (κ2) is 6.05. The fourth-order valence-electron chi connectivity index (χ4n) is 2.84. The predicted molar refractivity (Wildman–Crippen MR) is 87.0 cm³/mol. The van der Waals surface area contributed by atoms with E-state index in [1.165, 1.54) is 12.1 Å². The molecule has 1 aliphatic heterocycles. The highest BCUT2D eigenvalue weighted by molar-refractivity contribution is 5.96. The Bertz CT molecular complexity index is 928. The first-order chi connectivity index (χ1) is 12.4. The number of alkyl halides is 3. The van der Waals surface area contributed by atoms with E-state index in [2.05, 4.69) is 4.98 Å². The Balaban J connectivity index is 1.39. The molecule has 8 heteroatoms. The normalized spacial score (nSPS) is 15.1. The van der Waals surface area contributed by atoms with Crippen LogP contribution < -0.4 is 4.74 Å². The van der Waals surface area contributed by atoms with E-state index < -0.39 is 11.9 Å². The Hall–Kier alpha value is -3.03. The number of carbonyl (C=O) groups is 1. The molecule has 0 radical (unpaired) electrons. The number of hydrogen-bond donors (Lipinski definition) is 0. The number of likely N-dealkylation sites (tertiary alicyclic amines) is 1. The minimum absolute atomic E-state index is 0.0912. The molecule has 3 aromatic heterocycles. The van der Waals surface area contributed by atoms with Gasteiger partial charge in [0.15, 0.2) is 0 Å². The van der Waals surface area contributed by atoms with E-state index >= 15 is 0 Å². The molecule has 0 aliphatic carbocycles. The number of nitrogens with zero attached hydrogens (tertiary/aromatic N) is 3. The molecule has 3 aromatic rings. The molecule has 0 saturated carbocycles. The first-order valence-corrected chi connectivity index (χ1v) is 7.97. The van der Waals surface area contributed by atoms with Crippen LogP contribution in [0.15, 0.2) is 54.9 Å². The summed E-state index contributed by atoms with van der Waals surface area (Å²) in [6.07, 6.45) is -1.28. The highest BCUT2D eigenvalue weighted by Crippen LogP contribution is 2.29. The zero-order valence-electron chi connectivity index (χ0n) is 13.5. The third-order valence-corrected chi connectivity index (χ3v) is 4.19. The molecular formula is C18H14F3N3O2. The molecule has 26 heavy (non-hydrogen) atoms. The van der Waals surface area contributed by atoms with Crippen LogP contribution in [0.5, 0.6) is 5.88 Å². The standard InChI is InChI=1S/C18H14F3N3O2/c19-18(20,21)15-5-3-6-16(22-15)26-14-10-24(11-14)17(25)12-8-13-4-1-2-7-23(13)9-12/h1-9,14H,10-11H2. The first kappa shape index (κ1) is 16.4. The fraction of sp³-hybridized carbons (Fsp3) is 0.222. The summed E-state index contributed by atoms with van der Waals surface area (Å²) in [6, 6.07) is 11.0. The minimum Gasteiger partial charge on any atom is -0.471 e. The first-order valence-electron chi connectivity index (χ1n) is 7.97. The number of ether oxygens (including phenoxy) is 1. The van der Waals surface area contributed by atoms with Crippen LogP contribution in [0.4, 0.5) is 13.2 Å². The molecule has 0 unspecified atom stereocenters. The van der Waals surface area contributed by atoms with Gasteiger partial charge in [-0.05, 0) is 24.3 Å². The molecule has 134 valence electrons. The summed E-state index contributed by atoms with van der Waals surface area (Å²) in [7, 11) is 0. The molecule has 1 aliphatic rings. The summed E-state index contributed by atoms with van der Waals surface area (Å²) in [5.41, 5.74) is 0.479. The van der Waals surface area contributed by atoms with E-state index in [0.29, 0.717) is 18.7 Å². The van der Waals surface area contributed by atoms with Gasteiger partial charge < -0.3 is 14.0 Å². The molecule has 0 spiro atoms. The van der Waals surface area contributed by atoms with Crippen LogP contribution in [0, 0.1) is 0 Å². The number of halogens is 3. The van der Waals surface area contributed by atoms with Crippen LogP contribution in [-0.2, 0) is 6.18 Å². The molecule has 0 bridgehead atoms. The van der Waals surface area contributed by atoms with Crippen LogP contribution in [0.2, 0.25) is 0 Å². The maximum Gasteiger partial charge on any atom is 0.433 e. The SMILES string of the molecule is O=C(c1cc2ccccn2c1)N1CC(Oc2cccc(C(F)(F)F)n2)C1. The summed E-state index contributed by atoms with van der Waals surface area (Å²) < 4.78 is 45.3. The van der Waals surface area contributed by atoms with Crippen LogP contribution in [0.1, 0.15) is 16.1 Å². The number of aromatic nitrogens is 2. The number of fused-ring (bicyclic) bond motifs is 1. The van der Waals surface area contributed by atoms with Crippen molar-refractivity contribution >= 4 is 11.4 Å². The van der Waals surface area contributed by atoms with Gasteiger partial charge in [0.05, 0.1) is 18.7 Å². The van der Waals surface area contributed by atoms with Crippen molar-refractivity contribution in [1.82, 2.24) is 14.3 Å². The van der Waals surface area contributed by atoms with Crippen molar-refractivity contribution in [2.75, 3.05) is 13.1 Å². The van der Waals surface area contributed by atoms with E-state index in [1.807, 2.05) is 28.8 Å². The van der Waals surface area contributed by atoms with Gasteiger partial charge in [0.2, 0.25) is 5.88 Å². The van der Waals surface area contributed by atoms with Gasteiger partial charge in [-0.25, -0.2) is 4.98 Å². The van der Waals surface area contributed by atoms with Gasteiger partial charge in [-0.3, -0.25) is 4.79 Å². The number of pyridine rings is 2. The van der Waals surface area contributed by atoms with E-state index in [-0.39, 0.29) is 17.9 Å². The summed E-state index contributed by atoms with van der Waals surface area (Å²) in [5, 5.41) is 0. The molecule has 4 rings (SSSR count). The van der Waals surface area contributed by atoms with E-state index in [9.17, 15) is 18.0 Å². The number of carbonyl (C=O) groups excluding carboxylic acids is 1. The predicted octanol–water partition coefficient (Wildman–Crippen LogP) is 3.26. The van der Waals surface area contributed by atoms with Gasteiger partial charge >= 0.3 is 6.18 Å². The van der Waals surface area contributed by atoms with Gasteiger partial charge in [-0.2, -0.15) is 13.2 Å². The lowest BCUT2D eigenvalue weighted by Crippen LogP contribution is -2.56. The highest BCUT2D eigenvalue weighted by Gasteiger charge is 2.35. The topological polar surface area (TPSA) is 46.8 Å². The molecule has 4 heterocycles. The Labute approximate surface area is 146 Å². The lowest BCUT2D eigenvalue weighted by Gasteiger charge is -2.38. The fourth-order valence-corrected chi connectivity index (χ4v) is 2.84. The zero-order valence-corrected chi connectivity index (χ0v) is 13.5. The third kappa shape index (κ3) is 3.10. The lowest BCUT2D eigenvalue weighted by molar-refractivity contribution is -0.141. The summed E-state index contributed by atoms with van der Waals surface area (Å²) in [4.78, 5) is 17.5. The van der Waals surface area contributed by atoms with Crippen LogP contribution >= 0.6 is 0 Å². The van der Waals surface area contributed by atoms with Crippen LogP contribution in [0.25, 0.3) is 5.52 Å². The van der Waals surface area contributed by atoms with Crippen molar-refractivity contribution in [2.24, 2.45) is 0 Å². The molecule has 1 amide bonds. The zero-order chi connectivity index (χ0) is 18.3. The van der Waals surface area contributed by atoms with Crippen LogP contribution in [0.3, 0.4) is 0 Å². The van der Waals surface area contributed by atoms with Crippen molar-refractivity contribution in [2.45, 2.75) is 12.3 Å². The average molecular weight is 361 g/mol. The summed E-state index contributed by atoms with van der Waals surface area (Å²) >= 11 is 0. The van der Waals surface area contributed by atoms with Crippen molar-refractivity contribution in [3.8, 4) is 5.88 Å². The van der Waals surface area contributed by atoms with Gasteiger partial charge in [-0.1, -0.05) is 12.1 Å². The number of amides is 1. The van der Waals surface area contributed by atoms with Crippen molar-refractivity contribution in [3.05, 3.63) is 66.1 Å². The van der Waals surface area contributed by atoms with Gasteiger partial charge in [0, 0.05) is 24.0 Å². The molecule has 5 nitrogen and oxygen atoms in total. The van der Waals surface area contributed by atoms with Gasteiger partial charge in [-0.15, -0.1) is 0 Å². The van der Waals surface area contributed by atoms with E-state index in [1.54, 1.807) is 17.2 Å². The van der Waals surface area contributed by atoms with E-state index in [0.717, 1.165) is 11.6 Å². The largest absolute Gasteiger partial charge is 0.471 e. The molecule has 1 saturated heterocycles. The quantitative estimate of drug-likeness (QED) is 0.719. The Morgan fingerprint density at radius 3 is 2.69 bits per heavy atom. The second-order valence-corrected chi connectivity index (χ2v) is 6.07. The molecule has 0 aromatic carbocycles. The molecular weight excluding hydrogens is 347 g/mol. The number of hydrogen-bond acceptors (Lipinski definition) is 3. The molecule has 1 fully saturated rings. The van der Waals surface area contributed by atoms with Crippen molar-refractivity contribution in [1.29, 1.82) is 0 Å². The third-order valence-electron chi connectivity index (χ3n) is 4.19. The average Bonchev–Trinajstić information content (AvgIpc) is 3.01. The van der Waals surface area contributed by atoms with Crippen molar-refractivity contribution in [3.63, 3.8) is 0 Å². The smallest absolute Gasteiger partial charge is 0.433 e. The minimum atomic E-state index is -4.52. The highest BCUT2D eigenvalue weighted by atomic mass is 19.4. The maximum absolute atomic E-state index is 12.7. The lowest BCUT2D eigenvalue weighted by atomic mass is 10.1. The Morgan fingerprint density at radius 2 is 1.96 bits per heavy atom. The second-order valence-electron chi connectivity index (χ2n) is 6.07. The maximum atomic E-state index is 12.7. The molecule has 0 N–H and O–H groups in total. The molecule has 0 atom stereocenters. The van der Waals surface area contributed by atoms with E-state index in [4.69, 9.17) is 4.74 Å². The summed E-state index contributed by atoms with van der Waals surface area (Å²) in [5.74, 6) is -0.225. The van der Waals surface area contributed by atoms with Gasteiger partial charge in [0.1, 0.15) is 11.8 Å². The monoisotopic (exact) mass is 361 g/mol. The van der Waals surface area contributed by atoms with Crippen molar-refractivity contribution < 1.29 is 22.7 Å². The Morgan fingerprint density at radius 1 is 1.15 bits per heavy atom. The number of rotatable bonds is 3. The van der Waals surface area contributed by atoms with Crippen LogP contribution in [-0.4, -0.2) is 39.4 Å². The van der Waals surface area contributed by atoms with Gasteiger partial charge in [0.25, 0.3) is 5.91 Å². The Kier molecular flexibility index (Phi) is 3.82.